The van der Waals surface area contributed by atoms with Crippen molar-refractivity contribution in [1.29, 1.82) is 5.41 Å². The van der Waals surface area contributed by atoms with Crippen molar-refractivity contribution < 1.29 is 0 Å². The van der Waals surface area contributed by atoms with Crippen molar-refractivity contribution in [2.45, 2.75) is 20.4 Å². The van der Waals surface area contributed by atoms with E-state index in [1.807, 2.05) is 41.8 Å². The number of aliphatic imine (C=N–C) groups is 1. The molecule has 1 aromatic carbocycles. The van der Waals surface area contributed by atoms with E-state index < -0.39 is 0 Å². The highest BCUT2D eigenvalue weighted by atomic mass is 35.5. The molecule has 23 heavy (non-hydrogen) atoms. The number of nitrogens with zero attached hydrogens (tertiary/aromatic N) is 3. The van der Waals surface area contributed by atoms with Crippen LogP contribution in [0.3, 0.4) is 0 Å². The molecule has 0 aliphatic carbocycles. The first-order valence-corrected chi connectivity index (χ1v) is 7.84. The Morgan fingerprint density at radius 1 is 1.17 bits per heavy atom. The van der Waals surface area contributed by atoms with E-state index in [4.69, 9.17) is 17.0 Å². The second-order valence-corrected chi connectivity index (χ2v) is 5.97. The van der Waals surface area contributed by atoms with Crippen LogP contribution < -0.4 is 5.49 Å². The fraction of sp³-hybridized carbons (Fsp3) is 0.222. The number of rotatable bonds is 2. The van der Waals surface area contributed by atoms with Gasteiger partial charge in [0.15, 0.2) is 0 Å². The Kier molecular flexibility index (Phi) is 4.09. The van der Waals surface area contributed by atoms with Crippen LogP contribution in [0.5, 0.6) is 0 Å². The molecule has 3 aromatic rings. The molecule has 0 aliphatic rings. The maximum absolute atomic E-state index is 8.17. The Balaban J connectivity index is 2.22. The van der Waals surface area contributed by atoms with Crippen molar-refractivity contribution in [3.63, 3.8) is 0 Å². The van der Waals surface area contributed by atoms with E-state index in [1.54, 1.807) is 13.1 Å². The first kappa shape index (κ1) is 15.6. The van der Waals surface area contributed by atoms with Gasteiger partial charge in [-0.15, -0.1) is 0 Å². The molecule has 0 atom stereocenters. The van der Waals surface area contributed by atoms with E-state index in [2.05, 4.69) is 22.5 Å². The number of nitrogens with one attached hydrogen (secondary N) is 1. The molecule has 2 aromatic heterocycles. The number of hydrogen-bond donors (Lipinski definition) is 1. The number of fused-ring (bicyclic) bond motifs is 1. The summed E-state index contributed by atoms with van der Waals surface area (Å²) in [6.45, 7) is 4.69. The molecule has 4 nitrogen and oxygen atoms in total. The molecule has 0 spiro atoms. The van der Waals surface area contributed by atoms with Crippen molar-refractivity contribution in [3.8, 4) is 0 Å². The van der Waals surface area contributed by atoms with Crippen LogP contribution in [-0.4, -0.2) is 22.0 Å². The Bertz CT molecular complexity index is 963. The summed E-state index contributed by atoms with van der Waals surface area (Å²) in [6, 6.07) is 13.8. The van der Waals surface area contributed by atoms with E-state index in [-0.39, 0.29) is 0 Å². The van der Waals surface area contributed by atoms with E-state index >= 15 is 0 Å². The topological polar surface area (TPSA) is 46.1 Å². The number of pyridine rings is 1. The van der Waals surface area contributed by atoms with Gasteiger partial charge in [-0.1, -0.05) is 29.8 Å². The van der Waals surface area contributed by atoms with Gasteiger partial charge in [0.25, 0.3) is 0 Å². The number of benzene rings is 1. The smallest absolute Gasteiger partial charge is 0.130 e. The van der Waals surface area contributed by atoms with Gasteiger partial charge in [-0.25, -0.2) is 0 Å². The molecule has 0 bridgehead atoms. The SMILES string of the molecule is CN=C(C)n1c(=N)ccc2c1cc(C)n2Cc1ccccc1Cl. The fourth-order valence-electron chi connectivity index (χ4n) is 2.85. The molecular formula is C18H19ClN4. The summed E-state index contributed by atoms with van der Waals surface area (Å²) in [7, 11) is 1.74. The Labute approximate surface area is 140 Å². The molecule has 0 saturated carbocycles. The second-order valence-electron chi connectivity index (χ2n) is 5.56. The highest BCUT2D eigenvalue weighted by Crippen LogP contribution is 2.23. The molecule has 2 heterocycles. The van der Waals surface area contributed by atoms with Gasteiger partial charge in [-0.05, 0) is 43.7 Å². The average Bonchev–Trinajstić information content (AvgIpc) is 2.84. The zero-order chi connectivity index (χ0) is 16.6. The van der Waals surface area contributed by atoms with Gasteiger partial charge in [0.1, 0.15) is 11.3 Å². The number of halogens is 1. The number of aryl methyl sites for hydroxylation is 1. The van der Waals surface area contributed by atoms with Gasteiger partial charge < -0.3 is 4.57 Å². The van der Waals surface area contributed by atoms with Crippen LogP contribution in [0.2, 0.25) is 5.02 Å². The minimum absolute atomic E-state index is 0.426. The molecule has 0 radical (unpaired) electrons. The summed E-state index contributed by atoms with van der Waals surface area (Å²) in [6.07, 6.45) is 0. The lowest BCUT2D eigenvalue weighted by Crippen LogP contribution is -2.24. The highest BCUT2D eigenvalue weighted by Gasteiger charge is 2.12. The first-order valence-electron chi connectivity index (χ1n) is 7.46. The standard InChI is InChI=1S/C18H19ClN4/c1-12-10-17-16(8-9-18(20)23(17)13(2)21-3)22(12)11-14-6-4-5-7-15(14)19/h4-10,20H,11H2,1-3H3. The Morgan fingerprint density at radius 3 is 2.61 bits per heavy atom. The first-order chi connectivity index (χ1) is 11.0. The molecule has 0 aliphatic heterocycles. The maximum atomic E-state index is 8.17. The summed E-state index contributed by atoms with van der Waals surface area (Å²) in [5, 5.41) is 8.94. The van der Waals surface area contributed by atoms with Crippen LogP contribution >= 0.6 is 11.6 Å². The molecule has 1 N–H and O–H groups in total. The van der Waals surface area contributed by atoms with Crippen LogP contribution in [0.4, 0.5) is 0 Å². The second kappa shape index (κ2) is 6.05. The molecule has 3 rings (SSSR count). The predicted octanol–water partition coefficient (Wildman–Crippen LogP) is 3.83. The third-order valence-corrected chi connectivity index (χ3v) is 4.51. The Hall–Kier alpha value is -2.33. The average molecular weight is 327 g/mol. The van der Waals surface area contributed by atoms with Crippen LogP contribution in [0, 0.1) is 12.3 Å². The van der Waals surface area contributed by atoms with Crippen molar-refractivity contribution in [2.24, 2.45) is 4.99 Å². The summed E-state index contributed by atoms with van der Waals surface area (Å²) < 4.78 is 4.08. The number of aromatic nitrogens is 2. The van der Waals surface area contributed by atoms with E-state index in [1.165, 1.54) is 0 Å². The van der Waals surface area contributed by atoms with Crippen LogP contribution in [-0.2, 0) is 6.54 Å². The summed E-state index contributed by atoms with van der Waals surface area (Å²) in [5.74, 6) is 0.801. The van der Waals surface area contributed by atoms with E-state index in [0.717, 1.165) is 33.1 Å². The van der Waals surface area contributed by atoms with Crippen molar-refractivity contribution in [2.75, 3.05) is 7.05 Å². The van der Waals surface area contributed by atoms with Gasteiger partial charge in [-0.2, -0.15) is 0 Å². The predicted molar refractivity (Wildman–Crippen MR) is 95.5 cm³/mol. The molecule has 118 valence electrons. The minimum Gasteiger partial charge on any atom is -0.339 e. The molecule has 0 unspecified atom stereocenters. The summed E-state index contributed by atoms with van der Waals surface area (Å²) >= 11 is 6.31. The number of hydrogen-bond acceptors (Lipinski definition) is 2. The van der Waals surface area contributed by atoms with Crippen molar-refractivity contribution in [3.05, 3.63) is 64.2 Å². The fourth-order valence-corrected chi connectivity index (χ4v) is 3.05. The zero-order valence-electron chi connectivity index (χ0n) is 13.5. The third-order valence-electron chi connectivity index (χ3n) is 4.14. The lowest BCUT2D eigenvalue weighted by molar-refractivity contribution is 0.804. The molecular weight excluding hydrogens is 308 g/mol. The quantitative estimate of drug-likeness (QED) is 0.549. The lowest BCUT2D eigenvalue weighted by atomic mass is 10.2. The van der Waals surface area contributed by atoms with Gasteiger partial charge in [0.05, 0.1) is 11.0 Å². The summed E-state index contributed by atoms with van der Waals surface area (Å²) in [5.41, 5.74) is 4.70. The van der Waals surface area contributed by atoms with Crippen molar-refractivity contribution >= 4 is 28.5 Å². The van der Waals surface area contributed by atoms with E-state index in [0.29, 0.717) is 12.0 Å². The largest absolute Gasteiger partial charge is 0.339 e. The summed E-state index contributed by atoms with van der Waals surface area (Å²) in [4.78, 5) is 4.24. The lowest BCUT2D eigenvalue weighted by Gasteiger charge is -2.12. The van der Waals surface area contributed by atoms with Crippen molar-refractivity contribution in [1.82, 2.24) is 9.13 Å². The van der Waals surface area contributed by atoms with Gasteiger partial charge in [-0.3, -0.25) is 15.0 Å². The molecule has 0 saturated heterocycles. The monoisotopic (exact) mass is 326 g/mol. The molecule has 5 heteroatoms. The Morgan fingerprint density at radius 2 is 1.91 bits per heavy atom. The zero-order valence-corrected chi connectivity index (χ0v) is 14.2. The minimum atomic E-state index is 0.426. The molecule has 0 fully saturated rings. The molecule has 0 amide bonds. The van der Waals surface area contributed by atoms with Crippen LogP contribution in [0.1, 0.15) is 18.2 Å². The van der Waals surface area contributed by atoms with Gasteiger partial charge in [0.2, 0.25) is 0 Å². The maximum Gasteiger partial charge on any atom is 0.130 e. The van der Waals surface area contributed by atoms with Gasteiger partial charge >= 0.3 is 0 Å². The third kappa shape index (κ3) is 2.70. The normalized spacial score (nSPS) is 12.1. The van der Waals surface area contributed by atoms with E-state index in [9.17, 15) is 0 Å². The highest BCUT2D eigenvalue weighted by molar-refractivity contribution is 6.31. The van der Waals surface area contributed by atoms with Gasteiger partial charge in [0, 0.05) is 24.3 Å². The van der Waals surface area contributed by atoms with Crippen LogP contribution in [0.25, 0.3) is 11.0 Å². The van der Waals surface area contributed by atoms with Crippen LogP contribution in [0.15, 0.2) is 47.5 Å².